The molecule has 0 unspecified atom stereocenters. The maximum Gasteiger partial charge on any atom is 0.416 e. The minimum atomic E-state index is -0.999. The molecule has 4 atom stereocenters. The van der Waals surface area contributed by atoms with Gasteiger partial charge < -0.3 is 20.1 Å². The number of carbonyl (C=O) groups is 3. The molecule has 2 aromatic rings. The van der Waals surface area contributed by atoms with Crippen LogP contribution in [0.4, 0.5) is 21.0 Å². The van der Waals surface area contributed by atoms with Gasteiger partial charge in [-0.1, -0.05) is 42.0 Å². The van der Waals surface area contributed by atoms with Crippen LogP contribution in [0.3, 0.4) is 0 Å². The fraction of sp³-hybridized carbons (Fsp3) is 0.514. The van der Waals surface area contributed by atoms with Gasteiger partial charge in [-0.05, 0) is 97.1 Å². The molecule has 2 N–H and O–H groups in total. The normalized spacial score (nSPS) is 27.0. The molecule has 0 bridgehead atoms. The van der Waals surface area contributed by atoms with Gasteiger partial charge >= 0.3 is 12.2 Å². The summed E-state index contributed by atoms with van der Waals surface area (Å²) in [5.41, 5.74) is 1.90. The molecule has 4 heterocycles. The molecule has 2 spiro atoms. The van der Waals surface area contributed by atoms with Gasteiger partial charge in [0.2, 0.25) is 5.91 Å². The van der Waals surface area contributed by atoms with E-state index in [1.165, 1.54) is 0 Å². The highest BCUT2D eigenvalue weighted by Crippen LogP contribution is 2.66. The summed E-state index contributed by atoms with van der Waals surface area (Å²) in [5.74, 6) is -0.0623. The van der Waals surface area contributed by atoms with Gasteiger partial charge in [-0.15, -0.1) is 0 Å². The van der Waals surface area contributed by atoms with Crippen LogP contribution in [0.15, 0.2) is 54.1 Å². The predicted molar refractivity (Wildman–Crippen MR) is 170 cm³/mol. The molecule has 0 radical (unpaired) electrons. The van der Waals surface area contributed by atoms with Crippen molar-refractivity contribution in [3.05, 3.63) is 70.8 Å². The van der Waals surface area contributed by atoms with Crippen LogP contribution < -0.4 is 15.5 Å². The van der Waals surface area contributed by atoms with Crippen molar-refractivity contribution in [2.75, 3.05) is 23.3 Å². The molecular weight excluding hydrogens is 556 g/mol. The van der Waals surface area contributed by atoms with E-state index in [1.807, 2.05) is 97.9 Å². The maximum absolute atomic E-state index is 14.5. The number of fused-ring (bicyclic) bond motifs is 2. The molecule has 4 aliphatic heterocycles. The lowest BCUT2D eigenvalue weighted by Gasteiger charge is -2.54. The summed E-state index contributed by atoms with van der Waals surface area (Å²) in [6, 6.07) is 13.3. The van der Waals surface area contributed by atoms with Gasteiger partial charge in [-0.3, -0.25) is 14.6 Å². The van der Waals surface area contributed by atoms with Crippen molar-refractivity contribution in [3.8, 4) is 0 Å². The predicted octanol–water partition coefficient (Wildman–Crippen LogP) is 6.54. The van der Waals surface area contributed by atoms with Crippen LogP contribution in [0.2, 0.25) is 0 Å². The first-order valence-electron chi connectivity index (χ1n) is 15.6. The number of anilines is 2. The second-order valence-corrected chi connectivity index (χ2v) is 14.7. The Hall–Kier alpha value is -4.01. The van der Waals surface area contributed by atoms with Crippen molar-refractivity contribution in [3.63, 3.8) is 0 Å². The summed E-state index contributed by atoms with van der Waals surface area (Å²) >= 11 is 0. The SMILES string of the molecule is CC(C)=C[C@@H]1c2cccc3c2[C@@]2(CCN1C(=O)OC(C)(C)C)[C@@H](Nc1ccccc1[C@]21CCNC1=O)N3C(=O)OC(C)(C)C. The molecule has 0 aliphatic carbocycles. The number of para-hydroxylation sites is 1. The van der Waals surface area contributed by atoms with Gasteiger partial charge in [0.15, 0.2) is 0 Å². The first kappa shape index (κ1) is 30.0. The Kier molecular flexibility index (Phi) is 6.83. The molecule has 4 aliphatic rings. The Balaban J connectivity index is 1.68. The van der Waals surface area contributed by atoms with E-state index < -0.39 is 46.4 Å². The molecule has 0 aromatic heterocycles. The van der Waals surface area contributed by atoms with Crippen molar-refractivity contribution < 1.29 is 23.9 Å². The number of benzene rings is 2. The summed E-state index contributed by atoms with van der Waals surface area (Å²) in [7, 11) is 0. The van der Waals surface area contributed by atoms with Gasteiger partial charge in [-0.2, -0.15) is 0 Å². The lowest BCUT2D eigenvalue weighted by molar-refractivity contribution is -0.127. The topological polar surface area (TPSA) is 100 Å². The quantitative estimate of drug-likeness (QED) is 0.361. The van der Waals surface area contributed by atoms with Crippen LogP contribution in [-0.2, 0) is 25.1 Å². The third-order valence-corrected chi connectivity index (χ3v) is 9.23. The zero-order valence-corrected chi connectivity index (χ0v) is 27.0. The molecule has 9 nitrogen and oxygen atoms in total. The van der Waals surface area contributed by atoms with Crippen LogP contribution in [0.1, 0.15) is 91.0 Å². The van der Waals surface area contributed by atoms with Crippen LogP contribution in [0, 0.1) is 0 Å². The Labute approximate surface area is 260 Å². The first-order chi connectivity index (χ1) is 20.6. The van der Waals surface area contributed by atoms with E-state index in [0.29, 0.717) is 31.6 Å². The zero-order valence-electron chi connectivity index (χ0n) is 27.0. The number of nitrogens with zero attached hydrogens (tertiary/aromatic N) is 2. The molecule has 234 valence electrons. The lowest BCUT2D eigenvalue weighted by Crippen LogP contribution is -2.67. The van der Waals surface area contributed by atoms with E-state index >= 15 is 0 Å². The van der Waals surface area contributed by atoms with Crippen LogP contribution in [0.5, 0.6) is 0 Å². The molecule has 1 fully saturated rings. The lowest BCUT2D eigenvalue weighted by atomic mass is 9.51. The number of hydrogen-bond acceptors (Lipinski definition) is 6. The summed E-state index contributed by atoms with van der Waals surface area (Å²) < 4.78 is 12.0. The highest BCUT2D eigenvalue weighted by atomic mass is 16.6. The Morgan fingerprint density at radius 2 is 1.61 bits per heavy atom. The van der Waals surface area contributed by atoms with E-state index in [0.717, 1.165) is 28.0 Å². The fourth-order valence-electron chi connectivity index (χ4n) is 7.92. The van der Waals surface area contributed by atoms with Crippen molar-refractivity contribution in [1.29, 1.82) is 0 Å². The van der Waals surface area contributed by atoms with Gasteiger partial charge in [0, 0.05) is 18.8 Å². The Morgan fingerprint density at radius 3 is 2.25 bits per heavy atom. The molecule has 2 aromatic carbocycles. The summed E-state index contributed by atoms with van der Waals surface area (Å²) in [6.45, 7) is 16.0. The van der Waals surface area contributed by atoms with Crippen LogP contribution in [-0.4, -0.2) is 53.5 Å². The van der Waals surface area contributed by atoms with Gasteiger partial charge in [0.1, 0.15) is 17.4 Å². The van der Waals surface area contributed by atoms with E-state index in [2.05, 4.69) is 16.7 Å². The summed E-state index contributed by atoms with van der Waals surface area (Å²) in [4.78, 5) is 46.1. The third kappa shape index (κ3) is 4.38. The Morgan fingerprint density at radius 1 is 0.932 bits per heavy atom. The molecule has 3 amide bonds. The molecular formula is C35H44N4O5. The van der Waals surface area contributed by atoms with Crippen molar-refractivity contribution in [2.45, 2.75) is 102 Å². The minimum Gasteiger partial charge on any atom is -0.444 e. The number of hydrogen-bond donors (Lipinski definition) is 2. The van der Waals surface area contributed by atoms with E-state index in [4.69, 9.17) is 9.47 Å². The average molecular weight is 601 g/mol. The minimum absolute atomic E-state index is 0.0623. The van der Waals surface area contributed by atoms with Crippen molar-refractivity contribution in [1.82, 2.24) is 10.2 Å². The highest BCUT2D eigenvalue weighted by molar-refractivity contribution is 6.02. The van der Waals surface area contributed by atoms with Crippen LogP contribution in [0.25, 0.3) is 0 Å². The number of nitrogens with one attached hydrogen (secondary N) is 2. The molecule has 44 heavy (non-hydrogen) atoms. The largest absolute Gasteiger partial charge is 0.444 e. The summed E-state index contributed by atoms with van der Waals surface area (Å²) in [6.07, 6.45) is 1.52. The maximum atomic E-state index is 14.5. The van der Waals surface area contributed by atoms with E-state index in [1.54, 1.807) is 9.80 Å². The van der Waals surface area contributed by atoms with Crippen molar-refractivity contribution in [2.24, 2.45) is 0 Å². The first-order valence-corrected chi connectivity index (χ1v) is 15.6. The number of carbonyl (C=O) groups excluding carboxylic acids is 3. The number of amides is 3. The van der Waals surface area contributed by atoms with Gasteiger partial charge in [-0.25, -0.2) is 9.59 Å². The molecule has 9 heteroatoms. The fourth-order valence-corrected chi connectivity index (χ4v) is 7.92. The van der Waals surface area contributed by atoms with Crippen LogP contribution >= 0.6 is 0 Å². The smallest absolute Gasteiger partial charge is 0.416 e. The average Bonchev–Trinajstić information content (AvgIpc) is 3.38. The second-order valence-electron chi connectivity index (χ2n) is 14.7. The van der Waals surface area contributed by atoms with E-state index in [-0.39, 0.29) is 5.91 Å². The van der Waals surface area contributed by atoms with E-state index in [9.17, 15) is 14.4 Å². The number of allylic oxidation sites excluding steroid dienone is 1. The standard InChI is InChI=1S/C35H44N4O5/c1-21(2)20-26-22-12-11-15-25-27(22)35(17-19-38(26)30(41)43-32(3,4)5)28(39(25)31(42)44-33(6,7)8)37-24-14-10-9-13-23(24)34(35)16-18-36-29(34)40/h9-15,20,26,28,37H,16-19H2,1-8H3,(H,36,40)/t26-,28+,34+,35+/m1/s1. The zero-order chi connectivity index (χ0) is 31.8. The Bertz CT molecular complexity index is 1570. The van der Waals surface area contributed by atoms with Gasteiger partial charge in [0.25, 0.3) is 0 Å². The summed E-state index contributed by atoms with van der Waals surface area (Å²) in [5, 5.41) is 6.87. The molecule has 6 rings (SSSR count). The number of rotatable bonds is 1. The molecule has 1 saturated heterocycles. The monoisotopic (exact) mass is 600 g/mol. The van der Waals surface area contributed by atoms with Gasteiger partial charge in [0.05, 0.1) is 22.6 Å². The number of ether oxygens (including phenoxy) is 2. The third-order valence-electron chi connectivity index (χ3n) is 9.23. The second kappa shape index (κ2) is 10.0. The molecule has 0 saturated carbocycles. The van der Waals surface area contributed by atoms with Crippen molar-refractivity contribution >= 4 is 29.5 Å². The highest BCUT2D eigenvalue weighted by Gasteiger charge is 2.72.